The fourth-order valence-electron chi connectivity index (χ4n) is 4.52. The van der Waals surface area contributed by atoms with E-state index in [2.05, 4.69) is 17.1 Å². The van der Waals surface area contributed by atoms with E-state index < -0.39 is 0 Å². The summed E-state index contributed by atoms with van der Waals surface area (Å²) in [5.74, 6) is 0. The molecule has 1 aliphatic heterocycles. The fraction of sp³-hybridized carbons (Fsp3) is 1.00. The molecule has 1 atom stereocenters. The molecular formula is C18H34N2. The van der Waals surface area contributed by atoms with Crippen LogP contribution in [0.2, 0.25) is 0 Å². The molecule has 2 heteroatoms. The zero-order valence-electron chi connectivity index (χ0n) is 13.5. The van der Waals surface area contributed by atoms with Crippen molar-refractivity contribution in [1.29, 1.82) is 0 Å². The van der Waals surface area contributed by atoms with Gasteiger partial charge in [0.25, 0.3) is 0 Å². The maximum absolute atomic E-state index is 3.85. The zero-order chi connectivity index (χ0) is 13.8. The zero-order valence-corrected chi connectivity index (χ0v) is 13.5. The van der Waals surface area contributed by atoms with E-state index >= 15 is 0 Å². The van der Waals surface area contributed by atoms with Crippen molar-refractivity contribution in [3.8, 4) is 0 Å². The molecule has 1 N–H and O–H groups in total. The summed E-state index contributed by atoms with van der Waals surface area (Å²) in [6.45, 7) is 6.41. The average Bonchev–Trinajstić information content (AvgIpc) is 3.19. The number of hydrogen-bond donors (Lipinski definition) is 1. The lowest BCUT2D eigenvalue weighted by Gasteiger charge is -2.42. The second-order valence-corrected chi connectivity index (χ2v) is 7.77. The highest BCUT2D eigenvalue weighted by Gasteiger charge is 2.38. The van der Waals surface area contributed by atoms with Gasteiger partial charge in [-0.1, -0.05) is 32.6 Å². The van der Waals surface area contributed by atoms with Gasteiger partial charge in [0, 0.05) is 25.2 Å². The quantitative estimate of drug-likeness (QED) is 0.758. The number of rotatable bonds is 7. The van der Waals surface area contributed by atoms with Gasteiger partial charge in [0.2, 0.25) is 0 Å². The number of likely N-dealkylation sites (tertiary alicyclic amines) is 1. The maximum Gasteiger partial charge on any atom is 0.00954 e. The molecule has 1 saturated heterocycles. The van der Waals surface area contributed by atoms with Crippen LogP contribution in [0.3, 0.4) is 0 Å². The predicted octanol–water partition coefficient (Wildman–Crippen LogP) is 3.95. The molecule has 2 aliphatic carbocycles. The molecule has 20 heavy (non-hydrogen) atoms. The summed E-state index contributed by atoms with van der Waals surface area (Å²) in [5, 5.41) is 3.85. The lowest BCUT2D eigenvalue weighted by molar-refractivity contribution is 0.0760. The van der Waals surface area contributed by atoms with E-state index in [-0.39, 0.29) is 0 Å². The first kappa shape index (κ1) is 14.8. The summed E-state index contributed by atoms with van der Waals surface area (Å²) in [5.41, 5.74) is 0.617. The van der Waals surface area contributed by atoms with Crippen molar-refractivity contribution in [2.45, 2.75) is 89.6 Å². The molecule has 3 fully saturated rings. The largest absolute Gasteiger partial charge is 0.313 e. The first-order valence-electron chi connectivity index (χ1n) is 9.29. The van der Waals surface area contributed by atoms with E-state index in [4.69, 9.17) is 0 Å². The Morgan fingerprint density at radius 3 is 2.55 bits per heavy atom. The Bertz CT molecular complexity index is 290. The van der Waals surface area contributed by atoms with Gasteiger partial charge in [0.1, 0.15) is 0 Å². The molecule has 2 saturated carbocycles. The Morgan fingerprint density at radius 1 is 1.05 bits per heavy atom. The van der Waals surface area contributed by atoms with Crippen LogP contribution >= 0.6 is 0 Å². The van der Waals surface area contributed by atoms with Crippen LogP contribution in [0.5, 0.6) is 0 Å². The fourth-order valence-corrected chi connectivity index (χ4v) is 4.52. The molecule has 1 unspecified atom stereocenters. The second kappa shape index (κ2) is 6.79. The Morgan fingerprint density at radius 2 is 1.85 bits per heavy atom. The van der Waals surface area contributed by atoms with Crippen molar-refractivity contribution in [2.75, 3.05) is 19.6 Å². The van der Waals surface area contributed by atoms with Gasteiger partial charge in [0.05, 0.1) is 0 Å². The summed E-state index contributed by atoms with van der Waals surface area (Å²) in [6.07, 6.45) is 15.9. The third-order valence-corrected chi connectivity index (χ3v) is 5.92. The molecule has 0 amide bonds. The van der Waals surface area contributed by atoms with Crippen LogP contribution in [-0.4, -0.2) is 36.6 Å². The van der Waals surface area contributed by atoms with Crippen molar-refractivity contribution in [1.82, 2.24) is 10.2 Å². The van der Waals surface area contributed by atoms with E-state index in [1.807, 2.05) is 0 Å². The summed E-state index contributed by atoms with van der Waals surface area (Å²) >= 11 is 0. The summed E-state index contributed by atoms with van der Waals surface area (Å²) in [4.78, 5) is 2.88. The lowest BCUT2D eigenvalue weighted by Crippen LogP contribution is -2.48. The van der Waals surface area contributed by atoms with E-state index in [1.165, 1.54) is 90.3 Å². The van der Waals surface area contributed by atoms with Crippen LogP contribution in [0.4, 0.5) is 0 Å². The topological polar surface area (TPSA) is 15.3 Å². The van der Waals surface area contributed by atoms with Crippen molar-refractivity contribution < 1.29 is 0 Å². The summed E-state index contributed by atoms with van der Waals surface area (Å²) < 4.78 is 0. The molecule has 116 valence electrons. The molecule has 0 aromatic rings. The van der Waals surface area contributed by atoms with Gasteiger partial charge in [-0.05, 0) is 56.9 Å². The normalized spacial score (nSPS) is 30.8. The molecule has 1 heterocycles. The molecular weight excluding hydrogens is 244 g/mol. The Hall–Kier alpha value is -0.0800. The smallest absolute Gasteiger partial charge is 0.00954 e. The highest BCUT2D eigenvalue weighted by atomic mass is 15.2. The number of nitrogens with one attached hydrogen (secondary N) is 1. The van der Waals surface area contributed by atoms with Crippen LogP contribution in [0.1, 0.15) is 77.6 Å². The highest BCUT2D eigenvalue weighted by Crippen LogP contribution is 2.40. The Labute approximate surface area is 125 Å². The third-order valence-electron chi connectivity index (χ3n) is 5.92. The van der Waals surface area contributed by atoms with Crippen LogP contribution < -0.4 is 5.32 Å². The van der Waals surface area contributed by atoms with Crippen molar-refractivity contribution >= 4 is 0 Å². The predicted molar refractivity (Wildman–Crippen MR) is 86.0 cm³/mol. The Balaban J connectivity index is 1.58. The van der Waals surface area contributed by atoms with Crippen molar-refractivity contribution in [2.24, 2.45) is 5.41 Å². The average molecular weight is 278 g/mol. The third kappa shape index (κ3) is 3.76. The number of piperidine rings is 1. The van der Waals surface area contributed by atoms with Crippen molar-refractivity contribution in [3.63, 3.8) is 0 Å². The minimum absolute atomic E-state index is 0.617. The first-order chi connectivity index (χ1) is 9.81. The highest BCUT2D eigenvalue weighted by molar-refractivity contribution is 4.94. The second-order valence-electron chi connectivity index (χ2n) is 7.77. The molecule has 0 aromatic carbocycles. The minimum Gasteiger partial charge on any atom is -0.313 e. The Kier molecular flexibility index (Phi) is 5.04. The SMILES string of the molecule is CCCC1CCCCN1CC1(CNC2CC2)CCCC1. The molecule has 0 aromatic heterocycles. The van der Waals surface area contributed by atoms with Crippen LogP contribution in [0.25, 0.3) is 0 Å². The van der Waals surface area contributed by atoms with Gasteiger partial charge < -0.3 is 5.32 Å². The maximum atomic E-state index is 3.85. The van der Waals surface area contributed by atoms with Crippen molar-refractivity contribution in [3.05, 3.63) is 0 Å². The van der Waals surface area contributed by atoms with Gasteiger partial charge in [-0.15, -0.1) is 0 Å². The van der Waals surface area contributed by atoms with E-state index in [0.29, 0.717) is 5.41 Å². The minimum atomic E-state index is 0.617. The van der Waals surface area contributed by atoms with Crippen LogP contribution in [0, 0.1) is 5.41 Å². The number of hydrogen-bond acceptors (Lipinski definition) is 2. The molecule has 3 rings (SSSR count). The van der Waals surface area contributed by atoms with Gasteiger partial charge in [0.15, 0.2) is 0 Å². The lowest BCUT2D eigenvalue weighted by atomic mass is 9.83. The first-order valence-corrected chi connectivity index (χ1v) is 9.29. The standard InChI is InChI=1S/C18H34N2/c1-2-7-17-8-3-6-13-20(17)15-18(11-4-5-12-18)14-19-16-9-10-16/h16-17,19H,2-15H2,1H3. The summed E-state index contributed by atoms with van der Waals surface area (Å²) in [6, 6.07) is 1.77. The monoisotopic (exact) mass is 278 g/mol. The van der Waals surface area contributed by atoms with E-state index in [1.54, 1.807) is 0 Å². The molecule has 2 nitrogen and oxygen atoms in total. The summed E-state index contributed by atoms with van der Waals surface area (Å²) in [7, 11) is 0. The van der Waals surface area contributed by atoms with Crippen LogP contribution in [0.15, 0.2) is 0 Å². The van der Waals surface area contributed by atoms with Gasteiger partial charge in [-0.3, -0.25) is 4.90 Å². The van der Waals surface area contributed by atoms with E-state index in [0.717, 1.165) is 12.1 Å². The van der Waals surface area contributed by atoms with Gasteiger partial charge in [-0.25, -0.2) is 0 Å². The number of nitrogens with zero attached hydrogens (tertiary/aromatic N) is 1. The molecule has 0 spiro atoms. The molecule has 0 bridgehead atoms. The van der Waals surface area contributed by atoms with E-state index in [9.17, 15) is 0 Å². The van der Waals surface area contributed by atoms with Crippen LogP contribution in [-0.2, 0) is 0 Å². The molecule has 3 aliphatic rings. The van der Waals surface area contributed by atoms with Gasteiger partial charge >= 0.3 is 0 Å². The van der Waals surface area contributed by atoms with Gasteiger partial charge in [-0.2, -0.15) is 0 Å². The molecule has 0 radical (unpaired) electrons.